The van der Waals surface area contributed by atoms with Crippen molar-refractivity contribution in [3.63, 3.8) is 0 Å². The second kappa shape index (κ2) is 7.90. The van der Waals surface area contributed by atoms with E-state index in [4.69, 9.17) is 4.74 Å². The minimum absolute atomic E-state index is 0.0838. The quantitative estimate of drug-likeness (QED) is 0.793. The Hall–Kier alpha value is -2.43. The highest BCUT2D eigenvalue weighted by atomic mass is 32.2. The normalized spacial score (nSPS) is 12.0. The van der Waals surface area contributed by atoms with Crippen LogP contribution in [0.3, 0.4) is 0 Å². The fraction of sp³-hybridized carbons (Fsp3) is 0.118. The summed E-state index contributed by atoms with van der Waals surface area (Å²) in [6.07, 6.45) is 1.71. The Bertz CT molecular complexity index is 886. The summed E-state index contributed by atoms with van der Waals surface area (Å²) in [5.74, 6) is 0.630. The van der Waals surface area contributed by atoms with Crippen LogP contribution in [0.2, 0.25) is 0 Å². The molecule has 2 aromatic rings. The van der Waals surface area contributed by atoms with Crippen molar-refractivity contribution >= 4 is 27.3 Å². The highest BCUT2D eigenvalue weighted by molar-refractivity contribution is 8.04. The molecule has 2 aromatic carbocycles. The Kier molecular flexibility index (Phi) is 5.90. The van der Waals surface area contributed by atoms with Crippen LogP contribution in [0.25, 0.3) is 0 Å². The third kappa shape index (κ3) is 3.91. The van der Waals surface area contributed by atoms with Crippen LogP contribution in [0, 0.1) is 11.3 Å². The molecule has 0 amide bonds. The molecule has 0 heterocycles. The van der Waals surface area contributed by atoms with E-state index in [-0.39, 0.29) is 14.8 Å². The number of thioether (sulfide) groups is 1. The molecule has 0 atom stereocenters. The number of nitrogens with zero attached hydrogens (tertiary/aromatic N) is 1. The van der Waals surface area contributed by atoms with Crippen LogP contribution in [-0.4, -0.2) is 21.8 Å². The van der Waals surface area contributed by atoms with Crippen LogP contribution in [0.5, 0.6) is 5.75 Å². The number of nitriles is 1. The maximum atomic E-state index is 12.7. The van der Waals surface area contributed by atoms with Crippen molar-refractivity contribution in [2.75, 3.05) is 18.7 Å². The third-order valence-electron chi connectivity index (χ3n) is 3.16. The monoisotopic (exact) mass is 360 g/mol. The predicted octanol–water partition coefficient (Wildman–Crippen LogP) is 3.64. The predicted molar refractivity (Wildman–Crippen MR) is 96.4 cm³/mol. The molecule has 0 fully saturated rings. The fourth-order valence-electron chi connectivity index (χ4n) is 1.98. The average molecular weight is 360 g/mol. The molecule has 5 nitrogen and oxygen atoms in total. The molecule has 0 aliphatic carbocycles. The van der Waals surface area contributed by atoms with E-state index in [1.807, 2.05) is 6.07 Å². The Balaban J connectivity index is 2.48. The average Bonchev–Trinajstić information content (AvgIpc) is 2.62. The van der Waals surface area contributed by atoms with Crippen molar-refractivity contribution in [1.82, 2.24) is 0 Å². The van der Waals surface area contributed by atoms with Crippen LogP contribution >= 0.6 is 11.8 Å². The van der Waals surface area contributed by atoms with E-state index >= 15 is 0 Å². The zero-order valence-electron chi connectivity index (χ0n) is 13.2. The van der Waals surface area contributed by atoms with Gasteiger partial charge in [-0.25, -0.2) is 8.42 Å². The minimum Gasteiger partial charge on any atom is -0.497 e. The number of allylic oxidation sites excluding steroid dienone is 1. The summed E-state index contributed by atoms with van der Waals surface area (Å²) >= 11 is 1.16. The first-order valence-corrected chi connectivity index (χ1v) is 9.63. The zero-order chi connectivity index (χ0) is 17.6. The van der Waals surface area contributed by atoms with E-state index in [9.17, 15) is 13.7 Å². The van der Waals surface area contributed by atoms with E-state index in [0.717, 1.165) is 11.8 Å². The molecule has 7 heteroatoms. The molecule has 1 N–H and O–H groups in total. The number of anilines is 1. The summed E-state index contributed by atoms with van der Waals surface area (Å²) in [6, 6.07) is 16.8. The van der Waals surface area contributed by atoms with Crippen molar-refractivity contribution in [2.45, 2.75) is 4.90 Å². The van der Waals surface area contributed by atoms with Gasteiger partial charge in [-0.15, -0.1) is 11.8 Å². The van der Waals surface area contributed by atoms with Crippen LogP contribution in [0.4, 0.5) is 5.69 Å². The van der Waals surface area contributed by atoms with Crippen molar-refractivity contribution in [2.24, 2.45) is 0 Å². The summed E-state index contributed by atoms with van der Waals surface area (Å²) in [5, 5.41) is 12.7. The lowest BCUT2D eigenvalue weighted by Crippen LogP contribution is -2.09. The van der Waals surface area contributed by atoms with Crippen molar-refractivity contribution in [1.29, 1.82) is 5.26 Å². The molecular formula is C17H16N2O3S2. The van der Waals surface area contributed by atoms with Crippen LogP contribution in [-0.2, 0) is 9.84 Å². The highest BCUT2D eigenvalue weighted by Gasteiger charge is 2.24. The highest BCUT2D eigenvalue weighted by Crippen LogP contribution is 2.28. The van der Waals surface area contributed by atoms with Gasteiger partial charge in [0.05, 0.1) is 12.0 Å². The van der Waals surface area contributed by atoms with E-state index < -0.39 is 9.84 Å². The lowest BCUT2D eigenvalue weighted by molar-refractivity contribution is 0.415. The van der Waals surface area contributed by atoms with Crippen molar-refractivity contribution < 1.29 is 13.2 Å². The Labute approximate surface area is 145 Å². The van der Waals surface area contributed by atoms with Gasteiger partial charge in [0.2, 0.25) is 9.84 Å². The van der Waals surface area contributed by atoms with Crippen LogP contribution in [0.1, 0.15) is 0 Å². The molecule has 124 valence electrons. The van der Waals surface area contributed by atoms with E-state index in [0.29, 0.717) is 11.4 Å². The van der Waals surface area contributed by atoms with Gasteiger partial charge in [0.1, 0.15) is 16.8 Å². The van der Waals surface area contributed by atoms with Gasteiger partial charge in [-0.1, -0.05) is 24.3 Å². The van der Waals surface area contributed by atoms with Gasteiger partial charge in [-0.3, -0.25) is 0 Å². The molecule has 2 rings (SSSR count). The summed E-state index contributed by atoms with van der Waals surface area (Å²) in [5.41, 5.74) is 0.634. The van der Waals surface area contributed by atoms with Gasteiger partial charge in [0, 0.05) is 11.8 Å². The molecule has 0 saturated carbocycles. The molecule has 0 spiro atoms. The molecular weight excluding hydrogens is 344 g/mol. The largest absolute Gasteiger partial charge is 0.497 e. The van der Waals surface area contributed by atoms with E-state index in [1.165, 1.54) is 12.1 Å². The summed E-state index contributed by atoms with van der Waals surface area (Å²) < 4.78 is 30.6. The lowest BCUT2D eigenvalue weighted by atomic mass is 10.3. The number of methoxy groups -OCH3 is 1. The molecule has 0 aliphatic rings. The summed E-state index contributed by atoms with van der Waals surface area (Å²) in [7, 11) is -2.35. The van der Waals surface area contributed by atoms with E-state index in [2.05, 4.69) is 5.32 Å². The first-order valence-electron chi connectivity index (χ1n) is 6.92. The number of hydrogen-bond acceptors (Lipinski definition) is 6. The van der Waals surface area contributed by atoms with Crippen molar-refractivity contribution in [3.05, 3.63) is 64.5 Å². The Morgan fingerprint density at radius 1 is 1.17 bits per heavy atom. The second-order valence-electron chi connectivity index (χ2n) is 4.65. The number of sulfone groups is 1. The first-order chi connectivity index (χ1) is 11.5. The molecule has 0 aliphatic heterocycles. The maximum absolute atomic E-state index is 12.7. The van der Waals surface area contributed by atoms with Gasteiger partial charge in [-0.05, 0) is 30.5 Å². The van der Waals surface area contributed by atoms with Gasteiger partial charge >= 0.3 is 0 Å². The minimum atomic E-state index is -3.89. The fourth-order valence-corrected chi connectivity index (χ4v) is 4.18. The third-order valence-corrected chi connectivity index (χ3v) is 5.73. The SMILES string of the molecule is COc1cccc(N/C(SC)=C(\C#N)S(=O)(=O)c2ccccc2)c1. The van der Waals surface area contributed by atoms with Gasteiger partial charge in [0.15, 0.2) is 4.91 Å². The smallest absolute Gasteiger partial charge is 0.219 e. The zero-order valence-corrected chi connectivity index (χ0v) is 14.8. The summed E-state index contributed by atoms with van der Waals surface area (Å²) in [4.78, 5) is -0.232. The second-order valence-corrected chi connectivity index (χ2v) is 7.35. The van der Waals surface area contributed by atoms with Gasteiger partial charge < -0.3 is 10.1 Å². The number of ether oxygens (including phenoxy) is 1. The molecule has 0 unspecified atom stereocenters. The molecule has 24 heavy (non-hydrogen) atoms. The Morgan fingerprint density at radius 2 is 1.88 bits per heavy atom. The Morgan fingerprint density at radius 3 is 2.46 bits per heavy atom. The molecule has 0 aromatic heterocycles. The number of nitrogens with one attached hydrogen (secondary N) is 1. The number of rotatable bonds is 6. The first kappa shape index (κ1) is 17.9. The van der Waals surface area contributed by atoms with Crippen molar-refractivity contribution in [3.8, 4) is 11.8 Å². The van der Waals surface area contributed by atoms with Crippen LogP contribution < -0.4 is 10.1 Å². The van der Waals surface area contributed by atoms with Gasteiger partial charge in [-0.2, -0.15) is 5.26 Å². The van der Waals surface area contributed by atoms with Gasteiger partial charge in [0.25, 0.3) is 0 Å². The molecule has 0 bridgehead atoms. The topological polar surface area (TPSA) is 79.2 Å². The number of hydrogen-bond donors (Lipinski definition) is 1. The standard InChI is InChI=1S/C17H16N2O3S2/c1-22-14-8-6-7-13(11-14)19-17(23-2)16(12-18)24(20,21)15-9-4-3-5-10-15/h3-11,19H,1-2H3/b17-16-. The maximum Gasteiger partial charge on any atom is 0.219 e. The van der Waals surface area contributed by atoms with E-state index in [1.54, 1.807) is 55.8 Å². The molecule has 0 radical (unpaired) electrons. The summed E-state index contributed by atoms with van der Waals surface area (Å²) in [6.45, 7) is 0. The van der Waals surface area contributed by atoms with Crippen LogP contribution in [0.15, 0.2) is 69.4 Å². The lowest BCUT2D eigenvalue weighted by Gasteiger charge is -2.12. The number of benzene rings is 2. The molecule has 0 saturated heterocycles.